The van der Waals surface area contributed by atoms with E-state index < -0.39 is 29.1 Å². The molecule has 0 aromatic rings. The highest BCUT2D eigenvalue weighted by atomic mass is 16.5. The third-order valence-electron chi connectivity index (χ3n) is 14.3. The van der Waals surface area contributed by atoms with Crippen LogP contribution in [0.3, 0.4) is 0 Å². The fourth-order valence-electron chi connectivity index (χ4n) is 11.4. The zero-order chi connectivity index (χ0) is 39.1. The van der Waals surface area contributed by atoms with E-state index in [2.05, 4.69) is 24.2 Å². The molecule has 1 aliphatic heterocycles. The second-order valence-corrected chi connectivity index (χ2v) is 17.6. The first-order chi connectivity index (χ1) is 25.7. The van der Waals surface area contributed by atoms with Crippen LogP contribution in [-0.4, -0.2) is 82.1 Å². The molecular formula is C41H66N4O9. The Morgan fingerprint density at radius 1 is 0.963 bits per heavy atom. The average molecular weight is 759 g/mol. The summed E-state index contributed by atoms with van der Waals surface area (Å²) in [6, 6.07) is -0.942. The third kappa shape index (κ3) is 9.42. The molecule has 54 heavy (non-hydrogen) atoms. The molecule has 13 nitrogen and oxygen atoms in total. The number of fused-ring (bicyclic) bond motifs is 5. The standard InChI is InChI=1S/C41H66N4O9/c1-39-19-17-28(23-27(39)15-16-30-29(39)18-20-40(2)36(26-22-35(49)53-25-26)32(46)24-41(30,40)52)54-34(48)14-10-8-6-4-3-5-7-9-13-33(47)45-31(37(50)51)12-11-21-44-38(42)43/h22,27-32,36,46,52H,3-21,23-25H2,1-2H3,(H,45,47)(H,50,51)(H4,42,43,44)/t27-,28+,29+,30-,31+,32+,36+,39+,40-,41+/m1/s1. The molecular weight excluding hydrogens is 692 g/mol. The maximum Gasteiger partial charge on any atom is 0.331 e. The molecule has 0 radical (unpaired) electrons. The van der Waals surface area contributed by atoms with Crippen molar-refractivity contribution >= 4 is 29.8 Å². The Morgan fingerprint density at radius 3 is 2.30 bits per heavy atom. The van der Waals surface area contributed by atoms with Crippen LogP contribution in [0, 0.1) is 34.5 Å². The van der Waals surface area contributed by atoms with Crippen LogP contribution in [0.2, 0.25) is 0 Å². The highest BCUT2D eigenvalue weighted by Crippen LogP contribution is 2.70. The monoisotopic (exact) mass is 758 g/mol. The van der Waals surface area contributed by atoms with Gasteiger partial charge in [-0.05, 0) is 99.4 Å². The minimum Gasteiger partial charge on any atom is -0.480 e. The van der Waals surface area contributed by atoms with Crippen LogP contribution in [0.4, 0.5) is 0 Å². The molecule has 10 atom stereocenters. The Kier molecular flexibility index (Phi) is 14.1. The summed E-state index contributed by atoms with van der Waals surface area (Å²) in [5, 5.41) is 35.7. The lowest BCUT2D eigenvalue weighted by Crippen LogP contribution is -2.62. The first-order valence-electron chi connectivity index (χ1n) is 20.7. The molecule has 4 aliphatic carbocycles. The molecule has 13 heteroatoms. The van der Waals surface area contributed by atoms with Crippen molar-refractivity contribution in [3.05, 3.63) is 11.6 Å². The molecule has 304 valence electrons. The van der Waals surface area contributed by atoms with Crippen LogP contribution in [0.1, 0.15) is 142 Å². The smallest absolute Gasteiger partial charge is 0.331 e. The summed E-state index contributed by atoms with van der Waals surface area (Å²) in [5.74, 6) is -1.20. The second-order valence-electron chi connectivity index (χ2n) is 17.6. The number of esters is 2. The van der Waals surface area contributed by atoms with Gasteiger partial charge in [-0.15, -0.1) is 0 Å². The Hall–Kier alpha value is -3.19. The largest absolute Gasteiger partial charge is 0.480 e. The molecule has 5 rings (SSSR count). The third-order valence-corrected chi connectivity index (χ3v) is 14.3. The number of carboxylic acids is 1. The summed E-state index contributed by atoms with van der Waals surface area (Å²) in [6.45, 7) is 5.04. The number of nitrogens with two attached hydrogens (primary N) is 2. The summed E-state index contributed by atoms with van der Waals surface area (Å²) in [6.07, 6.45) is 16.6. The van der Waals surface area contributed by atoms with Gasteiger partial charge in [0, 0.05) is 43.2 Å². The number of guanidine groups is 1. The Bertz CT molecular complexity index is 1420. The molecule has 0 bridgehead atoms. The molecule has 4 fully saturated rings. The number of carbonyl (C=O) groups is 4. The van der Waals surface area contributed by atoms with Gasteiger partial charge in [-0.3, -0.25) is 14.6 Å². The number of carboxylic acid groups (broad SMARTS) is 1. The normalized spacial score (nSPS) is 34.7. The number of aliphatic imine (C=N–C) groups is 1. The highest BCUT2D eigenvalue weighted by molar-refractivity contribution is 5.85. The molecule has 0 aromatic heterocycles. The van der Waals surface area contributed by atoms with Crippen LogP contribution in [0.25, 0.3) is 0 Å². The van der Waals surface area contributed by atoms with Gasteiger partial charge in [0.1, 0.15) is 18.8 Å². The van der Waals surface area contributed by atoms with E-state index in [0.717, 1.165) is 95.5 Å². The summed E-state index contributed by atoms with van der Waals surface area (Å²) < 4.78 is 11.2. The molecule has 1 heterocycles. The molecule has 8 N–H and O–H groups in total. The van der Waals surface area contributed by atoms with Gasteiger partial charge in [0.25, 0.3) is 0 Å². The van der Waals surface area contributed by atoms with E-state index in [-0.39, 0.29) is 60.2 Å². The molecule has 4 saturated carbocycles. The molecule has 0 aromatic carbocycles. The number of rotatable bonds is 19. The number of unbranched alkanes of at least 4 members (excludes halogenated alkanes) is 7. The lowest BCUT2D eigenvalue weighted by Gasteiger charge is -2.63. The van der Waals surface area contributed by atoms with Crippen molar-refractivity contribution in [2.75, 3.05) is 13.2 Å². The van der Waals surface area contributed by atoms with E-state index in [0.29, 0.717) is 50.5 Å². The topological polar surface area (TPSA) is 224 Å². The van der Waals surface area contributed by atoms with Crippen molar-refractivity contribution in [2.45, 2.75) is 166 Å². The van der Waals surface area contributed by atoms with E-state index in [1.54, 1.807) is 0 Å². The van der Waals surface area contributed by atoms with E-state index in [4.69, 9.17) is 20.9 Å². The first kappa shape index (κ1) is 42.0. The van der Waals surface area contributed by atoms with Gasteiger partial charge in [-0.1, -0.05) is 52.4 Å². The van der Waals surface area contributed by atoms with Crippen molar-refractivity contribution in [1.29, 1.82) is 0 Å². The molecule has 0 saturated heterocycles. The zero-order valence-corrected chi connectivity index (χ0v) is 32.6. The van der Waals surface area contributed by atoms with E-state index in [1.807, 2.05) is 0 Å². The summed E-state index contributed by atoms with van der Waals surface area (Å²) in [4.78, 5) is 52.2. The van der Waals surface area contributed by atoms with Crippen molar-refractivity contribution in [1.82, 2.24) is 5.32 Å². The number of hydrogen-bond donors (Lipinski definition) is 6. The second kappa shape index (κ2) is 18.2. The predicted octanol–water partition coefficient (Wildman–Crippen LogP) is 4.65. The lowest BCUT2D eigenvalue weighted by atomic mass is 9.43. The zero-order valence-electron chi connectivity index (χ0n) is 32.6. The number of aliphatic hydroxyl groups is 2. The minimum atomic E-state index is -1.06. The van der Waals surface area contributed by atoms with Gasteiger partial charge in [0.2, 0.25) is 5.91 Å². The Labute approximate surface area is 320 Å². The number of aliphatic hydroxyl groups excluding tert-OH is 1. The lowest BCUT2D eigenvalue weighted by molar-refractivity contribution is -0.210. The predicted molar refractivity (Wildman–Crippen MR) is 203 cm³/mol. The summed E-state index contributed by atoms with van der Waals surface area (Å²) >= 11 is 0. The highest BCUT2D eigenvalue weighted by Gasteiger charge is 2.70. The van der Waals surface area contributed by atoms with Crippen LogP contribution < -0.4 is 16.8 Å². The van der Waals surface area contributed by atoms with Gasteiger partial charge in [0.05, 0.1) is 11.7 Å². The van der Waals surface area contributed by atoms with Crippen molar-refractivity contribution in [2.24, 2.45) is 51.0 Å². The fourth-order valence-corrected chi connectivity index (χ4v) is 11.4. The van der Waals surface area contributed by atoms with Crippen LogP contribution in [0.5, 0.6) is 0 Å². The van der Waals surface area contributed by atoms with Crippen molar-refractivity contribution < 1.29 is 44.0 Å². The first-order valence-corrected chi connectivity index (χ1v) is 20.7. The van der Waals surface area contributed by atoms with Gasteiger partial charge >= 0.3 is 17.9 Å². The molecule has 5 aliphatic rings. The number of carbonyl (C=O) groups excluding carboxylic acids is 3. The Balaban J connectivity index is 0.941. The van der Waals surface area contributed by atoms with Crippen molar-refractivity contribution in [3.8, 4) is 0 Å². The fraction of sp³-hybridized carbons (Fsp3) is 0.829. The van der Waals surface area contributed by atoms with Crippen LogP contribution >= 0.6 is 0 Å². The van der Waals surface area contributed by atoms with Crippen LogP contribution in [0.15, 0.2) is 16.6 Å². The van der Waals surface area contributed by atoms with E-state index in [1.165, 1.54) is 6.08 Å². The van der Waals surface area contributed by atoms with E-state index in [9.17, 15) is 34.5 Å². The number of nitrogens with zero attached hydrogens (tertiary/aromatic N) is 1. The number of cyclic esters (lactones) is 1. The van der Waals surface area contributed by atoms with Gasteiger partial charge in [0.15, 0.2) is 5.96 Å². The van der Waals surface area contributed by atoms with Gasteiger partial charge in [-0.25, -0.2) is 9.59 Å². The number of ether oxygens (including phenoxy) is 2. The maximum atomic E-state index is 12.8. The SMILES string of the molecule is C[C@]12CC[C@H](OC(=O)CCCCCCCCCCC(=O)N[C@@H](CCCN=C(N)N)C(=O)O)C[C@H]1CC[C@@H]1[C@@H]2CC[C@]2(C)[C@@H](C3=CC(=O)OC3)[C@@H](O)C[C@]12O. The summed E-state index contributed by atoms with van der Waals surface area (Å²) in [7, 11) is 0. The minimum absolute atomic E-state index is 0.0406. The average Bonchev–Trinajstić information content (AvgIpc) is 3.62. The Morgan fingerprint density at radius 2 is 1.65 bits per heavy atom. The van der Waals surface area contributed by atoms with Crippen molar-refractivity contribution in [3.63, 3.8) is 0 Å². The number of amides is 1. The molecule has 0 unspecified atom stereocenters. The quantitative estimate of drug-likeness (QED) is 0.0460. The number of nitrogens with one attached hydrogen (secondary N) is 1. The van der Waals surface area contributed by atoms with Gasteiger partial charge < -0.3 is 41.6 Å². The molecule has 1 amide bonds. The van der Waals surface area contributed by atoms with Crippen LogP contribution in [-0.2, 0) is 28.7 Å². The number of aliphatic carboxylic acids is 1. The summed E-state index contributed by atoms with van der Waals surface area (Å²) in [5.41, 5.74) is 9.95. The molecule has 0 spiro atoms. The number of hydrogen-bond acceptors (Lipinski definition) is 9. The van der Waals surface area contributed by atoms with Gasteiger partial charge in [-0.2, -0.15) is 0 Å². The maximum absolute atomic E-state index is 12.8. The van der Waals surface area contributed by atoms with E-state index >= 15 is 0 Å².